The van der Waals surface area contributed by atoms with Gasteiger partial charge in [-0.3, -0.25) is 4.79 Å². The van der Waals surface area contributed by atoms with Crippen molar-refractivity contribution in [1.82, 2.24) is 5.32 Å². The number of carbonyl (C=O) groups excluding carboxylic acids is 1. The van der Waals surface area contributed by atoms with Crippen LogP contribution in [-0.4, -0.2) is 12.5 Å². The molecule has 1 aliphatic heterocycles. The number of anilines is 1. The van der Waals surface area contributed by atoms with Gasteiger partial charge < -0.3 is 10.6 Å². The quantitative estimate of drug-likeness (QED) is 0.789. The molecular formula is C16H15IN2O. The van der Waals surface area contributed by atoms with Gasteiger partial charge in [0.05, 0.1) is 5.56 Å². The minimum absolute atomic E-state index is 0.0567. The van der Waals surface area contributed by atoms with Gasteiger partial charge in [-0.2, -0.15) is 0 Å². The number of hydrogen-bond acceptors (Lipinski definition) is 2. The molecule has 2 aromatic rings. The maximum Gasteiger partial charge on any atom is 0.256 e. The minimum atomic E-state index is -0.0567. The zero-order valence-electron chi connectivity index (χ0n) is 10.9. The SMILES string of the molecule is O=C(Nc1ccc2c(c1)CNCC2)c1ccccc1I. The van der Waals surface area contributed by atoms with E-state index in [-0.39, 0.29) is 5.91 Å². The first-order valence-corrected chi connectivity index (χ1v) is 7.70. The lowest BCUT2D eigenvalue weighted by atomic mass is 10.0. The molecule has 0 spiro atoms. The van der Waals surface area contributed by atoms with E-state index in [4.69, 9.17) is 0 Å². The van der Waals surface area contributed by atoms with Crippen molar-refractivity contribution in [3.05, 3.63) is 62.7 Å². The van der Waals surface area contributed by atoms with E-state index in [0.29, 0.717) is 5.56 Å². The average Bonchev–Trinajstić information content (AvgIpc) is 2.47. The van der Waals surface area contributed by atoms with Crippen LogP contribution in [0.5, 0.6) is 0 Å². The van der Waals surface area contributed by atoms with Crippen molar-refractivity contribution in [3.8, 4) is 0 Å². The molecule has 20 heavy (non-hydrogen) atoms. The Bertz CT molecular complexity index is 655. The van der Waals surface area contributed by atoms with Crippen LogP contribution in [0.25, 0.3) is 0 Å². The second-order valence-electron chi connectivity index (χ2n) is 4.84. The molecule has 0 aliphatic carbocycles. The lowest BCUT2D eigenvalue weighted by Crippen LogP contribution is -2.23. The van der Waals surface area contributed by atoms with Crippen LogP contribution < -0.4 is 10.6 Å². The zero-order valence-corrected chi connectivity index (χ0v) is 13.1. The molecule has 4 heteroatoms. The molecule has 3 rings (SSSR count). The van der Waals surface area contributed by atoms with Crippen molar-refractivity contribution in [3.63, 3.8) is 0 Å². The molecule has 2 N–H and O–H groups in total. The Hall–Kier alpha value is -1.40. The Morgan fingerprint density at radius 3 is 2.85 bits per heavy atom. The summed E-state index contributed by atoms with van der Waals surface area (Å²) < 4.78 is 0.960. The number of carbonyl (C=O) groups is 1. The highest BCUT2D eigenvalue weighted by molar-refractivity contribution is 14.1. The van der Waals surface area contributed by atoms with Gasteiger partial charge >= 0.3 is 0 Å². The molecule has 0 saturated heterocycles. The van der Waals surface area contributed by atoms with Crippen LogP contribution >= 0.6 is 22.6 Å². The van der Waals surface area contributed by atoms with Crippen LogP contribution in [0.3, 0.4) is 0 Å². The Kier molecular flexibility index (Phi) is 4.03. The fourth-order valence-electron chi connectivity index (χ4n) is 2.40. The smallest absolute Gasteiger partial charge is 0.256 e. The fraction of sp³-hybridized carbons (Fsp3) is 0.188. The minimum Gasteiger partial charge on any atom is -0.322 e. The van der Waals surface area contributed by atoms with Gasteiger partial charge in [0.1, 0.15) is 0 Å². The highest BCUT2D eigenvalue weighted by Crippen LogP contribution is 2.20. The lowest BCUT2D eigenvalue weighted by Gasteiger charge is -2.18. The van der Waals surface area contributed by atoms with E-state index in [0.717, 1.165) is 28.8 Å². The number of amides is 1. The molecule has 102 valence electrons. The van der Waals surface area contributed by atoms with Crippen LogP contribution in [0.15, 0.2) is 42.5 Å². The van der Waals surface area contributed by atoms with Crippen molar-refractivity contribution < 1.29 is 4.79 Å². The van der Waals surface area contributed by atoms with E-state index < -0.39 is 0 Å². The number of rotatable bonds is 2. The first kappa shape index (κ1) is 13.6. The van der Waals surface area contributed by atoms with E-state index >= 15 is 0 Å². The maximum absolute atomic E-state index is 12.3. The number of fused-ring (bicyclic) bond motifs is 1. The summed E-state index contributed by atoms with van der Waals surface area (Å²) in [6, 6.07) is 13.8. The Labute approximate surface area is 131 Å². The maximum atomic E-state index is 12.3. The van der Waals surface area contributed by atoms with Crippen molar-refractivity contribution >= 4 is 34.2 Å². The van der Waals surface area contributed by atoms with Gasteiger partial charge in [0.15, 0.2) is 0 Å². The number of hydrogen-bond donors (Lipinski definition) is 2. The molecule has 0 atom stereocenters. The Balaban J connectivity index is 1.81. The van der Waals surface area contributed by atoms with E-state index in [1.54, 1.807) is 0 Å². The summed E-state index contributed by atoms with van der Waals surface area (Å²) >= 11 is 2.18. The topological polar surface area (TPSA) is 41.1 Å². The van der Waals surface area contributed by atoms with Crippen molar-refractivity contribution in [2.45, 2.75) is 13.0 Å². The highest BCUT2D eigenvalue weighted by Gasteiger charge is 2.12. The van der Waals surface area contributed by atoms with E-state index in [1.165, 1.54) is 11.1 Å². The normalized spacial score (nSPS) is 13.7. The van der Waals surface area contributed by atoms with E-state index in [1.807, 2.05) is 30.3 Å². The summed E-state index contributed by atoms with van der Waals surface area (Å²) in [5, 5.41) is 6.33. The molecule has 0 radical (unpaired) electrons. The Morgan fingerprint density at radius 2 is 2.00 bits per heavy atom. The highest BCUT2D eigenvalue weighted by atomic mass is 127. The second kappa shape index (κ2) is 5.93. The van der Waals surface area contributed by atoms with E-state index in [2.05, 4.69) is 45.4 Å². The number of nitrogens with one attached hydrogen (secondary N) is 2. The molecule has 3 nitrogen and oxygen atoms in total. The molecule has 1 amide bonds. The molecule has 0 unspecified atom stereocenters. The predicted octanol–water partition coefficient (Wildman–Crippen LogP) is 3.19. The predicted molar refractivity (Wildman–Crippen MR) is 89.0 cm³/mol. The summed E-state index contributed by atoms with van der Waals surface area (Å²) in [6.07, 6.45) is 1.06. The molecular weight excluding hydrogens is 363 g/mol. The summed E-state index contributed by atoms with van der Waals surface area (Å²) in [7, 11) is 0. The summed E-state index contributed by atoms with van der Waals surface area (Å²) in [6.45, 7) is 1.91. The summed E-state index contributed by atoms with van der Waals surface area (Å²) in [4.78, 5) is 12.3. The molecule has 0 saturated carbocycles. The third-order valence-electron chi connectivity index (χ3n) is 3.47. The van der Waals surface area contributed by atoms with Gasteiger partial charge in [-0.15, -0.1) is 0 Å². The summed E-state index contributed by atoms with van der Waals surface area (Å²) in [5.41, 5.74) is 4.22. The Morgan fingerprint density at radius 1 is 1.15 bits per heavy atom. The monoisotopic (exact) mass is 378 g/mol. The standard InChI is InChI=1S/C16H15IN2O/c17-15-4-2-1-3-14(15)16(20)19-13-6-5-11-7-8-18-10-12(11)9-13/h1-6,9,18H,7-8,10H2,(H,19,20). The van der Waals surface area contributed by atoms with Crippen molar-refractivity contribution in [1.29, 1.82) is 0 Å². The van der Waals surface area contributed by atoms with Crippen LogP contribution in [-0.2, 0) is 13.0 Å². The van der Waals surface area contributed by atoms with Gasteiger partial charge in [-0.1, -0.05) is 18.2 Å². The molecule has 0 bridgehead atoms. The molecule has 0 aromatic heterocycles. The zero-order chi connectivity index (χ0) is 13.9. The van der Waals surface area contributed by atoms with Crippen molar-refractivity contribution in [2.24, 2.45) is 0 Å². The van der Waals surface area contributed by atoms with Crippen LogP contribution in [0.4, 0.5) is 5.69 Å². The second-order valence-corrected chi connectivity index (χ2v) is 6.01. The third-order valence-corrected chi connectivity index (χ3v) is 4.41. The molecule has 1 heterocycles. The molecule has 1 aliphatic rings. The van der Waals surface area contributed by atoms with Gasteiger partial charge in [0, 0.05) is 15.8 Å². The number of benzene rings is 2. The van der Waals surface area contributed by atoms with Gasteiger partial charge in [-0.25, -0.2) is 0 Å². The first-order chi connectivity index (χ1) is 9.74. The van der Waals surface area contributed by atoms with Crippen LogP contribution in [0.1, 0.15) is 21.5 Å². The van der Waals surface area contributed by atoms with Crippen LogP contribution in [0, 0.1) is 3.57 Å². The molecule has 0 fully saturated rings. The van der Waals surface area contributed by atoms with Crippen LogP contribution in [0.2, 0.25) is 0 Å². The average molecular weight is 378 g/mol. The van der Waals surface area contributed by atoms with Gasteiger partial charge in [0.25, 0.3) is 5.91 Å². The van der Waals surface area contributed by atoms with Gasteiger partial charge in [0.2, 0.25) is 0 Å². The van der Waals surface area contributed by atoms with E-state index in [9.17, 15) is 4.79 Å². The first-order valence-electron chi connectivity index (χ1n) is 6.62. The summed E-state index contributed by atoms with van der Waals surface area (Å²) in [5.74, 6) is -0.0567. The largest absolute Gasteiger partial charge is 0.322 e. The van der Waals surface area contributed by atoms with Crippen molar-refractivity contribution in [2.75, 3.05) is 11.9 Å². The fourth-order valence-corrected chi connectivity index (χ4v) is 3.03. The van der Waals surface area contributed by atoms with Gasteiger partial charge in [-0.05, 0) is 70.9 Å². The third kappa shape index (κ3) is 2.86. The lowest BCUT2D eigenvalue weighted by molar-refractivity contribution is 0.102. The number of halogens is 1. The molecule has 2 aromatic carbocycles.